The maximum Gasteiger partial charge on any atom is 0.142 e. The predicted molar refractivity (Wildman–Crippen MR) is 155 cm³/mol. The van der Waals surface area contributed by atoms with Crippen LogP contribution < -0.4 is 19.7 Å². The van der Waals surface area contributed by atoms with Gasteiger partial charge in [0.1, 0.15) is 24.2 Å². The van der Waals surface area contributed by atoms with Gasteiger partial charge in [0.25, 0.3) is 0 Å². The second kappa shape index (κ2) is 16.1. The number of nitrogens with zero attached hydrogens (tertiary/aromatic N) is 1. The van der Waals surface area contributed by atoms with E-state index in [1.54, 1.807) is 14.2 Å². The van der Waals surface area contributed by atoms with Crippen LogP contribution in [-0.2, 0) is 25.6 Å². The minimum atomic E-state index is -0.679. The summed E-state index contributed by atoms with van der Waals surface area (Å²) in [5, 5.41) is 13.7. The molecular weight excluding hydrogens is 512 g/mol. The van der Waals surface area contributed by atoms with E-state index >= 15 is 0 Å². The standard InChI is InChI=1S/C31H46N2O7/c1-4-14-37-26-9-7-24(8-10-26)31-29(18-32-19-30(31)40-22-25(34)21-36-3)39-20-23-6-11-28-27(17-23)33(13-16-38-28)12-5-15-35-2/h6-11,17,25,29-32,34H,4-5,12-16,18-22H2,1-3H3/t25-,29+,30-,31-/m1/s1. The average Bonchev–Trinajstić information content (AvgIpc) is 2.98. The number of nitrogens with one attached hydrogen (secondary N) is 1. The van der Waals surface area contributed by atoms with Gasteiger partial charge in [0, 0.05) is 46.4 Å². The van der Waals surface area contributed by atoms with Gasteiger partial charge < -0.3 is 43.7 Å². The quantitative estimate of drug-likeness (QED) is 0.301. The van der Waals surface area contributed by atoms with Crippen molar-refractivity contribution < 1.29 is 33.5 Å². The molecule has 4 rings (SSSR count). The Morgan fingerprint density at radius 2 is 1.80 bits per heavy atom. The van der Waals surface area contributed by atoms with E-state index in [9.17, 15) is 5.11 Å². The summed E-state index contributed by atoms with van der Waals surface area (Å²) >= 11 is 0. The van der Waals surface area contributed by atoms with Crippen LogP contribution in [0, 0.1) is 0 Å². The van der Waals surface area contributed by atoms with Crippen LogP contribution in [-0.4, -0.2) is 96.9 Å². The van der Waals surface area contributed by atoms with Gasteiger partial charge in [-0.05, 0) is 48.2 Å². The lowest BCUT2D eigenvalue weighted by Crippen LogP contribution is -2.51. The van der Waals surface area contributed by atoms with Gasteiger partial charge in [0.2, 0.25) is 0 Å². The number of fused-ring (bicyclic) bond motifs is 1. The first-order valence-electron chi connectivity index (χ1n) is 14.5. The smallest absolute Gasteiger partial charge is 0.142 e. The second-order valence-corrected chi connectivity index (χ2v) is 10.4. The molecule has 1 fully saturated rings. The Morgan fingerprint density at radius 3 is 2.55 bits per heavy atom. The molecule has 222 valence electrons. The third kappa shape index (κ3) is 8.55. The maximum absolute atomic E-state index is 10.2. The molecule has 1 saturated heterocycles. The SMILES string of the molecule is CCCOc1ccc([C@@H]2[C@@H](OCc3ccc4c(c3)N(CCCOC)CCO4)CNC[C@H]2OC[C@H](O)COC)cc1. The minimum absolute atomic E-state index is 0.0114. The van der Waals surface area contributed by atoms with E-state index in [0.29, 0.717) is 32.9 Å². The minimum Gasteiger partial charge on any atom is -0.494 e. The summed E-state index contributed by atoms with van der Waals surface area (Å²) in [6, 6.07) is 14.6. The molecular formula is C31H46N2O7. The van der Waals surface area contributed by atoms with Crippen molar-refractivity contribution in [2.45, 2.75) is 50.6 Å². The van der Waals surface area contributed by atoms with Crippen LogP contribution in [0.25, 0.3) is 0 Å². The summed E-state index contributed by atoms with van der Waals surface area (Å²) in [5.41, 5.74) is 3.34. The number of methoxy groups -OCH3 is 2. The first-order valence-corrected chi connectivity index (χ1v) is 14.5. The van der Waals surface area contributed by atoms with Crippen molar-refractivity contribution in [3.8, 4) is 11.5 Å². The van der Waals surface area contributed by atoms with E-state index in [1.807, 2.05) is 18.2 Å². The molecule has 4 atom stereocenters. The predicted octanol–water partition coefficient (Wildman–Crippen LogP) is 3.38. The number of aliphatic hydroxyl groups excluding tert-OH is 1. The Labute approximate surface area is 238 Å². The summed E-state index contributed by atoms with van der Waals surface area (Å²) in [6.45, 7) is 8.29. The third-order valence-corrected chi connectivity index (χ3v) is 7.32. The molecule has 0 bridgehead atoms. The van der Waals surface area contributed by atoms with Crippen molar-refractivity contribution in [1.82, 2.24) is 5.32 Å². The van der Waals surface area contributed by atoms with Crippen molar-refractivity contribution in [1.29, 1.82) is 0 Å². The molecule has 2 aliphatic rings. The van der Waals surface area contributed by atoms with Gasteiger partial charge in [-0.2, -0.15) is 0 Å². The Morgan fingerprint density at radius 1 is 1.00 bits per heavy atom. The lowest BCUT2D eigenvalue weighted by atomic mass is 9.85. The molecule has 2 N–H and O–H groups in total. The highest BCUT2D eigenvalue weighted by molar-refractivity contribution is 5.61. The largest absolute Gasteiger partial charge is 0.494 e. The first-order chi connectivity index (χ1) is 19.6. The molecule has 0 unspecified atom stereocenters. The molecule has 9 nitrogen and oxygen atoms in total. The van der Waals surface area contributed by atoms with Crippen molar-refractivity contribution in [3.63, 3.8) is 0 Å². The highest BCUT2D eigenvalue weighted by Crippen LogP contribution is 2.35. The fraction of sp³-hybridized carbons (Fsp3) is 0.613. The van der Waals surface area contributed by atoms with E-state index in [0.717, 1.165) is 60.9 Å². The average molecular weight is 559 g/mol. The molecule has 40 heavy (non-hydrogen) atoms. The highest BCUT2D eigenvalue weighted by Gasteiger charge is 2.36. The molecule has 9 heteroatoms. The summed E-state index contributed by atoms with van der Waals surface area (Å²) in [6.07, 6.45) is 0.966. The third-order valence-electron chi connectivity index (χ3n) is 7.32. The van der Waals surface area contributed by atoms with Crippen molar-refractivity contribution in [2.24, 2.45) is 0 Å². The van der Waals surface area contributed by atoms with E-state index < -0.39 is 6.10 Å². The lowest BCUT2D eigenvalue weighted by molar-refractivity contribution is -0.0856. The molecule has 0 saturated carbocycles. The van der Waals surface area contributed by atoms with Gasteiger partial charge in [-0.25, -0.2) is 0 Å². The van der Waals surface area contributed by atoms with Gasteiger partial charge in [0.15, 0.2) is 0 Å². The summed E-state index contributed by atoms with van der Waals surface area (Å²) < 4.78 is 34.9. The topological polar surface area (TPSA) is 90.9 Å². The van der Waals surface area contributed by atoms with Gasteiger partial charge in [-0.1, -0.05) is 25.1 Å². The van der Waals surface area contributed by atoms with Crippen molar-refractivity contribution in [3.05, 3.63) is 53.6 Å². The Balaban J connectivity index is 1.48. The Kier molecular flexibility index (Phi) is 12.3. The van der Waals surface area contributed by atoms with E-state index in [-0.39, 0.29) is 31.3 Å². The number of hydrogen-bond donors (Lipinski definition) is 2. The van der Waals surface area contributed by atoms with Gasteiger partial charge >= 0.3 is 0 Å². The number of rotatable bonds is 16. The second-order valence-electron chi connectivity index (χ2n) is 10.4. The van der Waals surface area contributed by atoms with E-state index in [2.05, 4.69) is 41.4 Å². The van der Waals surface area contributed by atoms with Crippen LogP contribution in [0.15, 0.2) is 42.5 Å². The summed E-state index contributed by atoms with van der Waals surface area (Å²) in [7, 11) is 3.31. The summed E-state index contributed by atoms with van der Waals surface area (Å²) in [5.74, 6) is 1.76. The van der Waals surface area contributed by atoms with Crippen LogP contribution in [0.3, 0.4) is 0 Å². The molecule has 2 aliphatic heterocycles. The zero-order chi connectivity index (χ0) is 28.2. The van der Waals surface area contributed by atoms with Crippen molar-refractivity contribution in [2.75, 3.05) is 78.3 Å². The molecule has 0 aromatic heterocycles. The van der Waals surface area contributed by atoms with Crippen LogP contribution in [0.2, 0.25) is 0 Å². The fourth-order valence-electron chi connectivity index (χ4n) is 5.34. The number of hydrogen-bond acceptors (Lipinski definition) is 9. The zero-order valence-electron chi connectivity index (χ0n) is 24.2. The monoisotopic (exact) mass is 558 g/mol. The van der Waals surface area contributed by atoms with Crippen LogP contribution in [0.1, 0.15) is 36.8 Å². The Bertz CT molecular complexity index is 1010. The highest BCUT2D eigenvalue weighted by atomic mass is 16.5. The van der Waals surface area contributed by atoms with Crippen LogP contribution >= 0.6 is 0 Å². The first kappa shape index (κ1) is 30.6. The zero-order valence-corrected chi connectivity index (χ0v) is 24.2. The molecule has 0 aliphatic carbocycles. The maximum atomic E-state index is 10.2. The normalized spacial score (nSPS) is 21.5. The molecule has 0 radical (unpaired) electrons. The Hall–Kier alpha value is -2.40. The number of ether oxygens (including phenoxy) is 6. The number of anilines is 1. The van der Waals surface area contributed by atoms with Crippen LogP contribution in [0.5, 0.6) is 11.5 Å². The van der Waals surface area contributed by atoms with Gasteiger partial charge in [-0.15, -0.1) is 0 Å². The van der Waals surface area contributed by atoms with Crippen LogP contribution in [0.4, 0.5) is 5.69 Å². The van der Waals surface area contributed by atoms with Gasteiger partial charge in [0.05, 0.1) is 50.9 Å². The molecule has 0 amide bonds. The molecule has 2 aromatic carbocycles. The molecule has 2 aromatic rings. The van der Waals surface area contributed by atoms with Gasteiger partial charge in [-0.3, -0.25) is 0 Å². The molecule has 2 heterocycles. The summed E-state index contributed by atoms with van der Waals surface area (Å²) in [4.78, 5) is 2.36. The number of aliphatic hydroxyl groups is 1. The number of benzene rings is 2. The van der Waals surface area contributed by atoms with E-state index in [4.69, 9.17) is 28.4 Å². The van der Waals surface area contributed by atoms with E-state index in [1.165, 1.54) is 0 Å². The molecule has 0 spiro atoms. The fourth-order valence-corrected chi connectivity index (χ4v) is 5.34. The van der Waals surface area contributed by atoms with Crippen molar-refractivity contribution >= 4 is 5.69 Å². The number of piperidine rings is 1. The lowest BCUT2D eigenvalue weighted by Gasteiger charge is -2.39.